The molecule has 4 heteroatoms. The summed E-state index contributed by atoms with van der Waals surface area (Å²) in [7, 11) is 0. The Morgan fingerprint density at radius 2 is 0.750 bits per heavy atom. The molecule has 0 fully saturated rings. The van der Waals surface area contributed by atoms with Crippen molar-refractivity contribution in [1.82, 2.24) is 0 Å². The van der Waals surface area contributed by atoms with Crippen LogP contribution in [0.5, 0.6) is 0 Å². The van der Waals surface area contributed by atoms with E-state index in [9.17, 15) is 0 Å². The normalized spacial score (nSPS) is 0. The fourth-order valence-corrected chi connectivity index (χ4v) is 0. The van der Waals surface area contributed by atoms with Crippen molar-refractivity contribution in [3.63, 3.8) is 0 Å². The molecule has 20 valence electrons. The van der Waals surface area contributed by atoms with Gasteiger partial charge < -0.3 is 0 Å². The van der Waals surface area contributed by atoms with Gasteiger partial charge in [-0.25, -0.2) is 0 Å². The maximum absolute atomic E-state index is 0. The van der Waals surface area contributed by atoms with Crippen LogP contribution in [0.3, 0.4) is 0 Å². The van der Waals surface area contributed by atoms with E-state index in [4.69, 9.17) is 0 Å². The molecule has 0 aromatic heterocycles. The average molecular weight is 222 g/mol. The van der Waals surface area contributed by atoms with E-state index >= 15 is 0 Å². The van der Waals surface area contributed by atoms with Crippen molar-refractivity contribution in [2.24, 2.45) is 0 Å². The first-order valence-electron chi connectivity index (χ1n) is 0. The summed E-state index contributed by atoms with van der Waals surface area (Å²) < 4.78 is 0. The van der Waals surface area contributed by atoms with Crippen LogP contribution in [0.2, 0.25) is 0 Å². The molecule has 0 unspecified atom stereocenters. The Morgan fingerprint density at radius 1 is 0.750 bits per heavy atom. The molecule has 0 atom stereocenters. The topological polar surface area (TPSA) is 0 Å². The van der Waals surface area contributed by atoms with Crippen LogP contribution < -0.4 is 0 Å². The zero-order valence-electron chi connectivity index (χ0n) is 1.41. The number of hydrogen-bond acceptors (Lipinski definition) is 0. The molecule has 0 nitrogen and oxygen atoms in total. The van der Waals surface area contributed by atoms with E-state index in [1.165, 1.54) is 0 Å². The SMILES string of the molecule is [AlH3].[Mo].[Ti].[Ti]. The molecule has 0 aromatic rings. The molecular weight excluding hydrogens is 219 g/mol. The predicted octanol–water partition coefficient (Wildman–Crippen LogP) is -1.19. The van der Waals surface area contributed by atoms with Crippen LogP contribution in [-0.4, -0.2) is 17.4 Å². The van der Waals surface area contributed by atoms with Crippen molar-refractivity contribution in [2.75, 3.05) is 0 Å². The second kappa shape index (κ2) is 17.4. The molecule has 0 spiro atoms. The van der Waals surface area contributed by atoms with Gasteiger partial charge in [-0.3, -0.25) is 0 Å². The minimum Gasteiger partial charge on any atom is 0 e. The summed E-state index contributed by atoms with van der Waals surface area (Å²) in [4.78, 5) is 0. The minimum absolute atomic E-state index is 0. The van der Waals surface area contributed by atoms with Gasteiger partial charge in [0.25, 0.3) is 0 Å². The van der Waals surface area contributed by atoms with Gasteiger partial charge in [-0.15, -0.1) is 0 Å². The quantitative estimate of drug-likeness (QED) is 0.452. The van der Waals surface area contributed by atoms with E-state index in [1.54, 1.807) is 0 Å². The summed E-state index contributed by atoms with van der Waals surface area (Å²) in [5, 5.41) is 0. The molecule has 4 heavy (non-hydrogen) atoms. The van der Waals surface area contributed by atoms with Crippen molar-refractivity contribution >= 4 is 17.4 Å². The van der Waals surface area contributed by atoms with Crippen molar-refractivity contribution < 1.29 is 64.5 Å². The summed E-state index contributed by atoms with van der Waals surface area (Å²) in [6.07, 6.45) is 0. The molecule has 0 N–H and O–H groups in total. The third-order valence-corrected chi connectivity index (χ3v) is 0. The van der Waals surface area contributed by atoms with Gasteiger partial charge in [0.15, 0.2) is 17.4 Å². The summed E-state index contributed by atoms with van der Waals surface area (Å²) >= 11 is 0. The monoisotopic (exact) mass is 224 g/mol. The maximum Gasteiger partial charge on any atom is 0.187 e. The Morgan fingerprint density at radius 3 is 0.750 bits per heavy atom. The number of hydrogen-bond donors (Lipinski definition) is 0. The number of rotatable bonds is 0. The molecule has 0 aliphatic heterocycles. The zero-order chi connectivity index (χ0) is 0. The van der Waals surface area contributed by atoms with Gasteiger partial charge in [0.1, 0.15) is 0 Å². The Bertz CT molecular complexity index is 6.00. The Labute approximate surface area is 80.6 Å². The van der Waals surface area contributed by atoms with Gasteiger partial charge in [-0.05, 0) is 0 Å². The van der Waals surface area contributed by atoms with Gasteiger partial charge in [-0.2, -0.15) is 0 Å². The smallest absolute Gasteiger partial charge is 0 e. The van der Waals surface area contributed by atoms with Crippen LogP contribution in [0.4, 0.5) is 0 Å². The third-order valence-electron chi connectivity index (χ3n) is 0. The van der Waals surface area contributed by atoms with Crippen molar-refractivity contribution in [1.29, 1.82) is 0 Å². The van der Waals surface area contributed by atoms with Gasteiger partial charge >= 0.3 is 0 Å². The van der Waals surface area contributed by atoms with E-state index in [-0.39, 0.29) is 81.9 Å². The molecule has 0 amide bonds. The van der Waals surface area contributed by atoms with Crippen LogP contribution in [0.15, 0.2) is 0 Å². The summed E-state index contributed by atoms with van der Waals surface area (Å²) in [5.74, 6) is 0. The first-order chi connectivity index (χ1) is 0. The van der Waals surface area contributed by atoms with Gasteiger partial charge in [0, 0.05) is 64.5 Å². The summed E-state index contributed by atoms with van der Waals surface area (Å²) in [6.45, 7) is 0. The van der Waals surface area contributed by atoms with E-state index in [1.807, 2.05) is 0 Å². The molecule has 0 aromatic carbocycles. The summed E-state index contributed by atoms with van der Waals surface area (Å²) in [6, 6.07) is 0. The third kappa shape index (κ3) is 8.82. The van der Waals surface area contributed by atoms with Crippen LogP contribution in [0.1, 0.15) is 0 Å². The fraction of sp³-hybridized carbons (Fsp3) is 0. The van der Waals surface area contributed by atoms with Crippen molar-refractivity contribution in [2.45, 2.75) is 0 Å². The van der Waals surface area contributed by atoms with Gasteiger partial charge in [0.05, 0.1) is 0 Å². The maximum atomic E-state index is 0. The summed E-state index contributed by atoms with van der Waals surface area (Å²) in [5.41, 5.74) is 0. The second-order valence-electron chi connectivity index (χ2n) is 0. The molecule has 0 radical (unpaired) electrons. The Balaban J connectivity index is 0. The van der Waals surface area contributed by atoms with E-state index < -0.39 is 0 Å². The van der Waals surface area contributed by atoms with Crippen LogP contribution in [0.25, 0.3) is 0 Å². The molecule has 0 aliphatic rings. The first-order valence-corrected chi connectivity index (χ1v) is 0. The molecule has 0 saturated heterocycles. The largest absolute Gasteiger partial charge is 0.187 e. The Hall–Kier alpha value is 2.65. The van der Waals surface area contributed by atoms with Gasteiger partial charge in [0.2, 0.25) is 0 Å². The fourth-order valence-electron chi connectivity index (χ4n) is 0. The Kier molecular flexibility index (Phi) is 132. The van der Waals surface area contributed by atoms with Crippen LogP contribution in [-0.2, 0) is 64.5 Å². The molecule has 0 bridgehead atoms. The van der Waals surface area contributed by atoms with E-state index in [2.05, 4.69) is 0 Å². The second-order valence-corrected chi connectivity index (χ2v) is 0. The zero-order valence-corrected chi connectivity index (χ0v) is 6.54. The molecule has 0 aliphatic carbocycles. The first kappa shape index (κ1) is 30.2. The molecule has 0 rings (SSSR count). The van der Waals surface area contributed by atoms with E-state index in [0.717, 1.165) is 0 Å². The molecule has 0 heterocycles. The standard InChI is InChI=1S/Al.Mo.2Ti.3H. The van der Waals surface area contributed by atoms with E-state index in [0.29, 0.717) is 0 Å². The average Bonchev–Trinajstić information content (AvgIpc) is 0. The van der Waals surface area contributed by atoms with Crippen molar-refractivity contribution in [3.8, 4) is 0 Å². The van der Waals surface area contributed by atoms with Crippen molar-refractivity contribution in [3.05, 3.63) is 0 Å². The van der Waals surface area contributed by atoms with Crippen LogP contribution >= 0.6 is 0 Å². The predicted molar refractivity (Wildman–Crippen MR) is 9.94 cm³/mol. The molecule has 0 saturated carbocycles. The molecular formula is H3AlMoTi2. The van der Waals surface area contributed by atoms with Gasteiger partial charge in [-0.1, -0.05) is 0 Å². The van der Waals surface area contributed by atoms with Crippen LogP contribution in [0, 0.1) is 0 Å². The minimum atomic E-state index is 0.